The van der Waals surface area contributed by atoms with Crippen molar-refractivity contribution < 1.29 is 9.21 Å². The summed E-state index contributed by atoms with van der Waals surface area (Å²) in [6, 6.07) is 17.4. The number of carbonyl (C=O) groups excluding carboxylic acids is 1. The number of imidazole rings is 1. The van der Waals surface area contributed by atoms with Gasteiger partial charge in [-0.25, -0.2) is 4.98 Å². The molecule has 142 valence electrons. The molecule has 2 aromatic heterocycles. The van der Waals surface area contributed by atoms with Gasteiger partial charge in [0.2, 0.25) is 0 Å². The van der Waals surface area contributed by atoms with E-state index in [9.17, 15) is 4.79 Å². The maximum atomic E-state index is 13.1. The highest BCUT2D eigenvalue weighted by Gasteiger charge is 2.26. The van der Waals surface area contributed by atoms with Crippen molar-refractivity contribution in [1.29, 1.82) is 0 Å². The third kappa shape index (κ3) is 3.14. The van der Waals surface area contributed by atoms with Crippen LogP contribution in [0.4, 0.5) is 0 Å². The molecule has 0 aliphatic rings. The topological polar surface area (TPSA) is 60.1 Å². The highest BCUT2D eigenvalue weighted by molar-refractivity contribution is 9.10. The Morgan fingerprint density at radius 3 is 2.39 bits per heavy atom. The van der Waals surface area contributed by atoms with Crippen molar-refractivity contribution in [2.45, 2.75) is 19.9 Å². The molecule has 2 aromatic carbocycles. The maximum Gasteiger partial charge on any atom is 0.256 e. The van der Waals surface area contributed by atoms with Crippen LogP contribution in [0.3, 0.4) is 0 Å². The first kappa shape index (κ1) is 18.5. The monoisotopic (exact) mass is 437 g/mol. The number of aromatic nitrogens is 2. The number of amides is 1. The minimum atomic E-state index is -0.396. The number of benzene rings is 2. The van der Waals surface area contributed by atoms with Crippen molar-refractivity contribution in [3.8, 4) is 0 Å². The van der Waals surface area contributed by atoms with Gasteiger partial charge in [-0.15, -0.1) is 0 Å². The van der Waals surface area contributed by atoms with Crippen LogP contribution >= 0.6 is 15.9 Å². The van der Waals surface area contributed by atoms with E-state index in [1.54, 1.807) is 6.92 Å². The predicted molar refractivity (Wildman–Crippen MR) is 112 cm³/mol. The number of rotatable bonds is 4. The number of furan rings is 1. The summed E-state index contributed by atoms with van der Waals surface area (Å²) in [6.07, 6.45) is 0. The number of halogens is 1. The molecule has 6 heteroatoms. The first-order valence-electron chi connectivity index (χ1n) is 9.00. The molecule has 0 saturated carbocycles. The molecule has 0 saturated heterocycles. The lowest BCUT2D eigenvalue weighted by Gasteiger charge is -2.19. The average Bonchev–Trinajstić information content (AvgIpc) is 3.16. The fourth-order valence-electron chi connectivity index (χ4n) is 3.48. The fourth-order valence-corrected chi connectivity index (χ4v) is 4.02. The Morgan fingerprint density at radius 2 is 1.75 bits per heavy atom. The second-order valence-electron chi connectivity index (χ2n) is 6.74. The zero-order chi connectivity index (χ0) is 19.8. The van der Waals surface area contributed by atoms with E-state index in [1.165, 1.54) is 0 Å². The van der Waals surface area contributed by atoms with E-state index in [4.69, 9.17) is 9.40 Å². The van der Waals surface area contributed by atoms with E-state index in [2.05, 4.69) is 21.2 Å². The average molecular weight is 438 g/mol. The Kier molecular flexibility index (Phi) is 4.81. The summed E-state index contributed by atoms with van der Waals surface area (Å²) in [6.45, 7) is 3.62. The lowest BCUT2D eigenvalue weighted by molar-refractivity contribution is 0.0939. The van der Waals surface area contributed by atoms with E-state index in [1.807, 2.05) is 73.1 Å². The number of para-hydroxylation sites is 2. The number of fused-ring (bicyclic) bond motifs is 1. The summed E-state index contributed by atoms with van der Waals surface area (Å²) in [4.78, 5) is 17.9. The SMILES string of the molecule is Cc1oc(C)c(C(=O)NC(c2ccccc2)c2nc3ccccc3n2C)c1Br. The maximum absolute atomic E-state index is 13.1. The van der Waals surface area contributed by atoms with Crippen LogP contribution in [0.15, 0.2) is 63.5 Å². The van der Waals surface area contributed by atoms with Gasteiger partial charge in [-0.3, -0.25) is 4.79 Å². The van der Waals surface area contributed by atoms with E-state index >= 15 is 0 Å². The van der Waals surface area contributed by atoms with E-state index < -0.39 is 6.04 Å². The Balaban J connectivity index is 1.80. The Morgan fingerprint density at radius 1 is 1.07 bits per heavy atom. The molecule has 0 fully saturated rings. The minimum absolute atomic E-state index is 0.206. The molecule has 4 aromatic rings. The van der Waals surface area contributed by atoms with Crippen molar-refractivity contribution in [2.24, 2.45) is 7.05 Å². The van der Waals surface area contributed by atoms with Crippen molar-refractivity contribution in [3.05, 3.63) is 87.5 Å². The fraction of sp³-hybridized carbons (Fsp3) is 0.182. The number of nitrogens with zero attached hydrogens (tertiary/aromatic N) is 2. The van der Waals surface area contributed by atoms with Gasteiger partial charge in [-0.2, -0.15) is 0 Å². The molecular formula is C22H20BrN3O2. The third-order valence-electron chi connectivity index (χ3n) is 4.90. The lowest BCUT2D eigenvalue weighted by Crippen LogP contribution is -2.31. The van der Waals surface area contributed by atoms with E-state index in [0.29, 0.717) is 21.6 Å². The third-order valence-corrected chi connectivity index (χ3v) is 5.86. The second-order valence-corrected chi connectivity index (χ2v) is 7.53. The number of aryl methyl sites for hydroxylation is 3. The molecule has 5 nitrogen and oxygen atoms in total. The molecule has 28 heavy (non-hydrogen) atoms. The molecule has 0 bridgehead atoms. The van der Waals surface area contributed by atoms with E-state index in [-0.39, 0.29) is 5.91 Å². The van der Waals surface area contributed by atoms with Crippen LogP contribution in [0, 0.1) is 13.8 Å². The van der Waals surface area contributed by atoms with E-state index in [0.717, 1.165) is 22.4 Å². The Labute approximate surface area is 171 Å². The van der Waals surface area contributed by atoms with Crippen LogP contribution in [0.2, 0.25) is 0 Å². The Bertz CT molecular complexity index is 1160. The summed E-state index contributed by atoms with van der Waals surface area (Å²) < 4.78 is 8.31. The van der Waals surface area contributed by atoms with Gasteiger partial charge < -0.3 is 14.3 Å². The van der Waals surface area contributed by atoms with Gasteiger partial charge in [0.25, 0.3) is 5.91 Å². The molecule has 1 unspecified atom stereocenters. The largest absolute Gasteiger partial charge is 0.465 e. The standard InChI is InChI=1S/C22H20BrN3O2/c1-13-18(19(23)14(2)28-13)22(27)25-20(15-9-5-4-6-10-15)21-24-16-11-7-8-12-17(16)26(21)3/h4-12,20H,1-3H3,(H,25,27). The van der Waals surface area contributed by atoms with Gasteiger partial charge >= 0.3 is 0 Å². The first-order valence-corrected chi connectivity index (χ1v) is 9.79. The van der Waals surface area contributed by atoms with Crippen LogP contribution in [0.5, 0.6) is 0 Å². The molecule has 0 spiro atoms. The van der Waals surface area contributed by atoms with Gasteiger partial charge in [-0.05, 0) is 47.5 Å². The number of hydrogen-bond acceptors (Lipinski definition) is 3. The van der Waals surface area contributed by atoms with Gasteiger partial charge in [0.15, 0.2) is 0 Å². The normalized spacial score (nSPS) is 12.3. The molecule has 1 atom stereocenters. The van der Waals surface area contributed by atoms with Crippen LogP contribution in [0.25, 0.3) is 11.0 Å². The molecule has 1 amide bonds. The zero-order valence-electron chi connectivity index (χ0n) is 15.9. The first-order chi connectivity index (χ1) is 13.5. The van der Waals surface area contributed by atoms with Crippen LogP contribution in [0.1, 0.15) is 39.3 Å². The summed E-state index contributed by atoms with van der Waals surface area (Å²) in [7, 11) is 1.97. The molecule has 0 radical (unpaired) electrons. The number of carbonyl (C=O) groups is 1. The van der Waals surface area contributed by atoms with Gasteiger partial charge in [0.1, 0.15) is 23.4 Å². The molecule has 2 heterocycles. The molecular weight excluding hydrogens is 418 g/mol. The van der Waals surface area contributed by atoms with Gasteiger partial charge in [0.05, 0.1) is 21.1 Å². The van der Waals surface area contributed by atoms with Crippen LogP contribution in [-0.4, -0.2) is 15.5 Å². The van der Waals surface area contributed by atoms with Crippen molar-refractivity contribution in [1.82, 2.24) is 14.9 Å². The Hall–Kier alpha value is -2.86. The van der Waals surface area contributed by atoms with Gasteiger partial charge in [-0.1, -0.05) is 42.5 Å². The summed E-state index contributed by atoms with van der Waals surface area (Å²) in [5.74, 6) is 1.83. The highest BCUT2D eigenvalue weighted by Crippen LogP contribution is 2.30. The minimum Gasteiger partial charge on any atom is -0.465 e. The second kappa shape index (κ2) is 7.28. The number of hydrogen-bond donors (Lipinski definition) is 1. The molecule has 0 aliphatic heterocycles. The molecule has 4 rings (SSSR count). The van der Waals surface area contributed by atoms with Crippen LogP contribution in [-0.2, 0) is 7.05 Å². The quantitative estimate of drug-likeness (QED) is 0.484. The van der Waals surface area contributed by atoms with Crippen molar-refractivity contribution in [3.63, 3.8) is 0 Å². The lowest BCUT2D eigenvalue weighted by atomic mass is 10.1. The summed E-state index contributed by atoms with van der Waals surface area (Å²) in [5.41, 5.74) is 3.39. The van der Waals surface area contributed by atoms with Crippen LogP contribution < -0.4 is 5.32 Å². The number of nitrogens with one attached hydrogen (secondary N) is 1. The smallest absolute Gasteiger partial charge is 0.256 e. The summed E-state index contributed by atoms with van der Waals surface area (Å²) in [5, 5.41) is 3.15. The summed E-state index contributed by atoms with van der Waals surface area (Å²) >= 11 is 3.47. The highest BCUT2D eigenvalue weighted by atomic mass is 79.9. The molecule has 1 N–H and O–H groups in total. The van der Waals surface area contributed by atoms with Gasteiger partial charge in [0, 0.05) is 7.05 Å². The predicted octanol–water partition coefficient (Wildman–Crippen LogP) is 5.07. The van der Waals surface area contributed by atoms with Crippen molar-refractivity contribution >= 4 is 32.9 Å². The van der Waals surface area contributed by atoms with Crippen molar-refractivity contribution in [2.75, 3.05) is 0 Å². The molecule has 0 aliphatic carbocycles. The zero-order valence-corrected chi connectivity index (χ0v) is 17.4.